The molecule has 0 radical (unpaired) electrons. The van der Waals surface area contributed by atoms with Crippen LogP contribution in [0.1, 0.15) is 24.3 Å². The molecule has 1 aromatic heterocycles. The van der Waals surface area contributed by atoms with Gasteiger partial charge in [-0.2, -0.15) is 0 Å². The fraction of sp³-hybridized carbons (Fsp3) is 0.250. The Morgan fingerprint density at radius 2 is 2.00 bits per heavy atom. The van der Waals surface area contributed by atoms with Crippen molar-refractivity contribution in [3.05, 3.63) is 50.6 Å². The Kier molecular flexibility index (Phi) is 2.01. The van der Waals surface area contributed by atoms with Crippen molar-refractivity contribution in [2.24, 2.45) is 0 Å². The van der Waals surface area contributed by atoms with Crippen molar-refractivity contribution < 1.29 is 9.34 Å². The zero-order chi connectivity index (χ0) is 12.0. The summed E-state index contributed by atoms with van der Waals surface area (Å²) in [6.45, 7) is 0. The van der Waals surface area contributed by atoms with Gasteiger partial charge in [0.15, 0.2) is 0 Å². The minimum Gasteiger partial charge on any atom is -0.431 e. The van der Waals surface area contributed by atoms with Crippen molar-refractivity contribution in [2.45, 2.75) is 18.8 Å². The molecule has 0 amide bonds. The largest absolute Gasteiger partial charge is 0.431 e. The molecule has 0 atom stereocenters. The van der Waals surface area contributed by atoms with E-state index in [-0.39, 0.29) is 17.0 Å². The van der Waals surface area contributed by atoms with E-state index in [0.717, 1.165) is 18.4 Å². The summed E-state index contributed by atoms with van der Waals surface area (Å²) in [4.78, 5) is 22.2. The van der Waals surface area contributed by atoms with Gasteiger partial charge in [-0.3, -0.25) is 10.1 Å². The summed E-state index contributed by atoms with van der Waals surface area (Å²) in [5.74, 6) is 0.270. The molecule has 5 heteroatoms. The van der Waals surface area contributed by atoms with Crippen LogP contribution in [-0.4, -0.2) is 4.92 Å². The van der Waals surface area contributed by atoms with Crippen LogP contribution < -0.4 is 5.63 Å². The molecule has 1 heterocycles. The predicted molar refractivity (Wildman–Crippen MR) is 61.1 cm³/mol. The molecule has 0 bridgehead atoms. The van der Waals surface area contributed by atoms with Crippen LogP contribution in [0.25, 0.3) is 10.8 Å². The first-order valence-electron chi connectivity index (χ1n) is 5.37. The van der Waals surface area contributed by atoms with Crippen molar-refractivity contribution in [2.75, 3.05) is 0 Å². The number of nitrogens with zero attached hydrogens (tertiary/aromatic N) is 1. The zero-order valence-electron chi connectivity index (χ0n) is 8.88. The summed E-state index contributed by atoms with van der Waals surface area (Å²) in [5.41, 5.74) is 0.249. The summed E-state index contributed by atoms with van der Waals surface area (Å²) >= 11 is 0. The average molecular weight is 231 g/mol. The third kappa shape index (κ3) is 1.51. The number of fused-ring (bicyclic) bond motifs is 1. The van der Waals surface area contributed by atoms with E-state index in [4.69, 9.17) is 4.42 Å². The Morgan fingerprint density at radius 3 is 2.65 bits per heavy atom. The van der Waals surface area contributed by atoms with Crippen molar-refractivity contribution in [3.63, 3.8) is 0 Å². The molecule has 5 nitrogen and oxygen atoms in total. The number of nitro groups is 1. The summed E-state index contributed by atoms with van der Waals surface area (Å²) in [7, 11) is 0. The molecule has 86 valence electrons. The number of benzene rings is 1. The third-order valence-corrected chi connectivity index (χ3v) is 3.08. The van der Waals surface area contributed by atoms with E-state index >= 15 is 0 Å². The molecule has 2 aromatic rings. The summed E-state index contributed by atoms with van der Waals surface area (Å²) in [6.07, 6.45) is 3.16. The fourth-order valence-corrected chi connectivity index (χ4v) is 2.13. The minimum absolute atomic E-state index is 0.0536. The van der Waals surface area contributed by atoms with Crippen LogP contribution in [0.5, 0.6) is 0 Å². The predicted octanol–water partition coefficient (Wildman–Crippen LogP) is 2.58. The Bertz CT molecular complexity index is 670. The van der Waals surface area contributed by atoms with Crippen LogP contribution in [-0.2, 0) is 0 Å². The van der Waals surface area contributed by atoms with Crippen molar-refractivity contribution >= 4 is 16.5 Å². The SMILES string of the molecule is O=c1occc2c([N+](=O)[O-])c(C3CC3)ccc12. The van der Waals surface area contributed by atoms with Crippen LogP contribution >= 0.6 is 0 Å². The molecule has 0 unspecified atom stereocenters. The first-order valence-corrected chi connectivity index (χ1v) is 5.37. The maximum Gasteiger partial charge on any atom is 0.343 e. The maximum absolute atomic E-state index is 11.5. The van der Waals surface area contributed by atoms with E-state index in [1.54, 1.807) is 12.1 Å². The molecular formula is C12H9NO4. The van der Waals surface area contributed by atoms with Gasteiger partial charge in [-0.15, -0.1) is 0 Å². The number of rotatable bonds is 2. The molecule has 0 N–H and O–H groups in total. The Hall–Kier alpha value is -2.17. The van der Waals surface area contributed by atoms with E-state index < -0.39 is 10.5 Å². The lowest BCUT2D eigenvalue weighted by Crippen LogP contribution is -2.02. The van der Waals surface area contributed by atoms with Crippen LogP contribution in [0.4, 0.5) is 5.69 Å². The summed E-state index contributed by atoms with van der Waals surface area (Å²) in [6, 6.07) is 4.78. The highest BCUT2D eigenvalue weighted by Gasteiger charge is 2.32. The second-order valence-corrected chi connectivity index (χ2v) is 4.20. The normalized spacial score (nSPS) is 15.1. The molecule has 1 aromatic carbocycles. The van der Waals surface area contributed by atoms with E-state index in [1.807, 2.05) is 0 Å². The van der Waals surface area contributed by atoms with Crippen molar-refractivity contribution in [3.8, 4) is 0 Å². The van der Waals surface area contributed by atoms with E-state index in [9.17, 15) is 14.9 Å². The topological polar surface area (TPSA) is 73.3 Å². The number of nitro benzene ring substituents is 1. The Balaban J connectivity index is 2.42. The van der Waals surface area contributed by atoms with Gasteiger partial charge in [0, 0.05) is 5.56 Å². The molecule has 0 spiro atoms. The zero-order valence-corrected chi connectivity index (χ0v) is 8.88. The molecule has 1 aliphatic carbocycles. The summed E-state index contributed by atoms with van der Waals surface area (Å²) < 4.78 is 4.71. The molecule has 0 saturated heterocycles. The van der Waals surface area contributed by atoms with Crippen LogP contribution in [0.2, 0.25) is 0 Å². The molecule has 0 aliphatic heterocycles. The van der Waals surface area contributed by atoms with Crippen molar-refractivity contribution in [1.82, 2.24) is 0 Å². The summed E-state index contributed by atoms with van der Waals surface area (Å²) in [5, 5.41) is 11.8. The van der Waals surface area contributed by atoms with Gasteiger partial charge >= 0.3 is 5.63 Å². The van der Waals surface area contributed by atoms with Gasteiger partial charge in [-0.05, 0) is 30.9 Å². The Morgan fingerprint density at radius 1 is 1.24 bits per heavy atom. The lowest BCUT2D eigenvalue weighted by molar-refractivity contribution is -0.383. The monoisotopic (exact) mass is 231 g/mol. The second kappa shape index (κ2) is 3.41. The van der Waals surface area contributed by atoms with E-state index in [2.05, 4.69) is 0 Å². The first kappa shape index (κ1) is 10.0. The van der Waals surface area contributed by atoms with Gasteiger partial charge in [-0.25, -0.2) is 4.79 Å². The van der Waals surface area contributed by atoms with E-state index in [0.29, 0.717) is 5.39 Å². The molecule has 1 fully saturated rings. The highest BCUT2D eigenvalue weighted by atomic mass is 16.6. The Labute approximate surface area is 95.8 Å². The lowest BCUT2D eigenvalue weighted by atomic mass is 10.0. The van der Waals surface area contributed by atoms with Gasteiger partial charge in [-0.1, -0.05) is 6.07 Å². The molecule has 1 saturated carbocycles. The fourth-order valence-electron chi connectivity index (χ4n) is 2.13. The minimum atomic E-state index is -0.534. The van der Waals surface area contributed by atoms with Gasteiger partial charge in [0.1, 0.15) is 0 Å². The van der Waals surface area contributed by atoms with Crippen LogP contribution in [0, 0.1) is 10.1 Å². The molecule has 3 rings (SSSR count). The van der Waals surface area contributed by atoms with Crippen molar-refractivity contribution in [1.29, 1.82) is 0 Å². The smallest absolute Gasteiger partial charge is 0.343 e. The van der Waals surface area contributed by atoms with Crippen LogP contribution in [0.15, 0.2) is 33.7 Å². The second-order valence-electron chi connectivity index (χ2n) is 4.20. The average Bonchev–Trinajstić information content (AvgIpc) is 3.11. The molecule has 1 aliphatic rings. The quantitative estimate of drug-likeness (QED) is 0.588. The van der Waals surface area contributed by atoms with Gasteiger partial charge in [0.05, 0.1) is 22.0 Å². The van der Waals surface area contributed by atoms with Gasteiger partial charge in [0.25, 0.3) is 5.69 Å². The van der Waals surface area contributed by atoms with Gasteiger partial charge < -0.3 is 4.42 Å². The number of hydrogen-bond donors (Lipinski definition) is 0. The highest BCUT2D eigenvalue weighted by Crippen LogP contribution is 2.45. The van der Waals surface area contributed by atoms with E-state index in [1.165, 1.54) is 12.3 Å². The molecular weight excluding hydrogens is 222 g/mol. The number of hydrogen-bond acceptors (Lipinski definition) is 4. The molecule has 17 heavy (non-hydrogen) atoms. The van der Waals surface area contributed by atoms with Crippen LogP contribution in [0.3, 0.4) is 0 Å². The maximum atomic E-state index is 11.5. The highest BCUT2D eigenvalue weighted by molar-refractivity contribution is 5.91. The first-order chi connectivity index (χ1) is 8.18. The lowest BCUT2D eigenvalue weighted by Gasteiger charge is -2.03. The van der Waals surface area contributed by atoms with Gasteiger partial charge in [0.2, 0.25) is 0 Å². The standard InChI is InChI=1S/C12H9NO4/c14-12-10-4-3-8(7-1-2-7)11(13(15)16)9(10)5-6-17-12/h3-7H,1-2H2. The third-order valence-electron chi connectivity index (χ3n) is 3.08.